The molecule has 208 valence electrons. The molecule has 1 unspecified atom stereocenters. The van der Waals surface area contributed by atoms with Crippen LogP contribution in [0, 0.1) is 5.82 Å². The molecule has 0 saturated heterocycles. The third-order valence-corrected chi connectivity index (χ3v) is 8.16. The average molecular weight is 532 g/mol. The predicted octanol–water partition coefficient (Wildman–Crippen LogP) is 6.84. The topological polar surface area (TPSA) is 45.6 Å². The van der Waals surface area contributed by atoms with Gasteiger partial charge in [-0.15, -0.1) is 0 Å². The van der Waals surface area contributed by atoms with E-state index >= 15 is 0 Å². The monoisotopic (exact) mass is 531 g/mol. The molecule has 2 amide bonds. The van der Waals surface area contributed by atoms with Crippen LogP contribution in [0.4, 0.5) is 4.39 Å². The van der Waals surface area contributed by atoms with E-state index in [0.717, 1.165) is 49.8 Å². The van der Waals surface area contributed by atoms with Gasteiger partial charge in [-0.3, -0.25) is 9.59 Å². The summed E-state index contributed by atoms with van der Waals surface area (Å²) in [5.74, 6) is -0.346. The SMILES string of the molecule is CCc1ccc(C(=O)N(CC(=O)N(Cc2cccn2Cc2ccc(F)cc2)C2CCCCC2)C(C)CC)cc1. The van der Waals surface area contributed by atoms with Crippen LogP contribution < -0.4 is 0 Å². The number of aromatic nitrogens is 1. The van der Waals surface area contributed by atoms with E-state index in [0.29, 0.717) is 18.7 Å². The van der Waals surface area contributed by atoms with Crippen LogP contribution in [0.5, 0.6) is 0 Å². The third kappa shape index (κ3) is 7.37. The van der Waals surface area contributed by atoms with Crippen molar-refractivity contribution in [1.82, 2.24) is 14.4 Å². The molecule has 39 heavy (non-hydrogen) atoms. The van der Waals surface area contributed by atoms with Gasteiger partial charge in [0, 0.05) is 36.1 Å². The van der Waals surface area contributed by atoms with Gasteiger partial charge in [-0.2, -0.15) is 0 Å². The molecule has 4 rings (SSSR count). The van der Waals surface area contributed by atoms with Gasteiger partial charge in [0.05, 0.1) is 6.54 Å². The largest absolute Gasteiger partial charge is 0.345 e. The van der Waals surface area contributed by atoms with Crippen molar-refractivity contribution in [3.8, 4) is 0 Å². The van der Waals surface area contributed by atoms with Gasteiger partial charge >= 0.3 is 0 Å². The van der Waals surface area contributed by atoms with E-state index in [2.05, 4.69) is 24.5 Å². The van der Waals surface area contributed by atoms with Crippen molar-refractivity contribution in [2.24, 2.45) is 0 Å². The number of amides is 2. The molecule has 1 aromatic heterocycles. The molecule has 0 radical (unpaired) electrons. The smallest absolute Gasteiger partial charge is 0.254 e. The van der Waals surface area contributed by atoms with E-state index < -0.39 is 0 Å². The minimum Gasteiger partial charge on any atom is -0.345 e. The van der Waals surface area contributed by atoms with Crippen molar-refractivity contribution < 1.29 is 14.0 Å². The fraction of sp³-hybridized carbons (Fsp3) is 0.455. The molecule has 3 aromatic rings. The Morgan fingerprint density at radius 2 is 1.62 bits per heavy atom. The summed E-state index contributed by atoms with van der Waals surface area (Å²) in [6.45, 7) is 7.34. The molecular weight excluding hydrogens is 489 g/mol. The summed E-state index contributed by atoms with van der Waals surface area (Å²) in [5, 5.41) is 0. The third-order valence-electron chi connectivity index (χ3n) is 8.16. The van der Waals surface area contributed by atoms with Crippen molar-refractivity contribution >= 4 is 11.8 Å². The predicted molar refractivity (Wildman–Crippen MR) is 154 cm³/mol. The summed E-state index contributed by atoms with van der Waals surface area (Å²) in [4.78, 5) is 31.4. The van der Waals surface area contributed by atoms with Crippen LogP contribution in [0.25, 0.3) is 0 Å². The molecule has 0 spiro atoms. The number of benzene rings is 2. The number of nitrogens with zero attached hydrogens (tertiary/aromatic N) is 3. The minimum absolute atomic E-state index is 0.00439. The fourth-order valence-corrected chi connectivity index (χ4v) is 5.46. The maximum atomic E-state index is 14.0. The zero-order chi connectivity index (χ0) is 27.8. The van der Waals surface area contributed by atoms with Gasteiger partial charge in [-0.05, 0) is 80.1 Å². The molecule has 5 nitrogen and oxygen atoms in total. The summed E-state index contributed by atoms with van der Waals surface area (Å²) < 4.78 is 15.5. The Hall–Kier alpha value is -3.41. The molecule has 1 saturated carbocycles. The molecule has 1 atom stereocenters. The number of rotatable bonds is 11. The van der Waals surface area contributed by atoms with Crippen molar-refractivity contribution in [2.45, 2.75) is 90.9 Å². The number of halogens is 1. The molecule has 2 aromatic carbocycles. The van der Waals surface area contributed by atoms with Gasteiger partial charge in [-0.1, -0.05) is 57.4 Å². The van der Waals surface area contributed by atoms with Crippen LogP contribution in [0.2, 0.25) is 0 Å². The van der Waals surface area contributed by atoms with E-state index in [-0.39, 0.29) is 36.3 Å². The van der Waals surface area contributed by atoms with Crippen LogP contribution in [0.1, 0.15) is 86.5 Å². The Labute approximate surface area is 232 Å². The molecule has 1 heterocycles. The second kappa shape index (κ2) is 13.6. The summed E-state index contributed by atoms with van der Waals surface area (Å²) >= 11 is 0. The summed E-state index contributed by atoms with van der Waals surface area (Å²) in [5.41, 5.74) is 3.85. The Balaban J connectivity index is 1.55. The number of hydrogen-bond donors (Lipinski definition) is 0. The molecule has 6 heteroatoms. The lowest BCUT2D eigenvalue weighted by Crippen LogP contribution is -2.49. The molecule has 0 N–H and O–H groups in total. The maximum Gasteiger partial charge on any atom is 0.254 e. The first kappa shape index (κ1) is 28.6. The van der Waals surface area contributed by atoms with E-state index in [4.69, 9.17) is 0 Å². The molecule has 0 aliphatic heterocycles. The van der Waals surface area contributed by atoms with Crippen molar-refractivity contribution in [2.75, 3.05) is 6.54 Å². The normalized spacial score (nSPS) is 14.7. The number of carbonyl (C=O) groups is 2. The summed E-state index contributed by atoms with van der Waals surface area (Å²) in [6, 6.07) is 18.5. The van der Waals surface area contributed by atoms with Crippen molar-refractivity contribution in [3.05, 3.63) is 95.1 Å². The van der Waals surface area contributed by atoms with Gasteiger partial charge in [0.15, 0.2) is 0 Å². The fourth-order valence-electron chi connectivity index (χ4n) is 5.46. The first-order valence-electron chi connectivity index (χ1n) is 14.5. The lowest BCUT2D eigenvalue weighted by Gasteiger charge is -2.37. The quantitative estimate of drug-likeness (QED) is 0.272. The Morgan fingerprint density at radius 3 is 2.26 bits per heavy atom. The highest BCUT2D eigenvalue weighted by Gasteiger charge is 2.30. The van der Waals surface area contributed by atoms with E-state index in [1.165, 1.54) is 24.1 Å². The maximum absolute atomic E-state index is 14.0. The second-order valence-corrected chi connectivity index (χ2v) is 10.8. The van der Waals surface area contributed by atoms with E-state index in [1.807, 2.05) is 48.4 Å². The van der Waals surface area contributed by atoms with Crippen molar-refractivity contribution in [1.29, 1.82) is 0 Å². The van der Waals surface area contributed by atoms with Gasteiger partial charge < -0.3 is 14.4 Å². The molecule has 1 aliphatic carbocycles. The first-order valence-corrected chi connectivity index (χ1v) is 14.5. The molecule has 0 bridgehead atoms. The highest BCUT2D eigenvalue weighted by atomic mass is 19.1. The number of carbonyl (C=O) groups excluding carboxylic acids is 2. The zero-order valence-corrected chi connectivity index (χ0v) is 23.6. The van der Waals surface area contributed by atoms with Gasteiger partial charge in [0.2, 0.25) is 5.91 Å². The molecule has 1 fully saturated rings. The standard InChI is InChI=1S/C33H42FN3O2/c1-4-25(3)36(33(39)28-17-13-26(5-2)14-18-28)24-32(38)37(30-10-7-6-8-11-30)23-31-12-9-21-35(31)22-27-15-19-29(34)20-16-27/h9,12-21,25,30H,4-8,10-11,22-24H2,1-3H3. The zero-order valence-electron chi connectivity index (χ0n) is 23.6. The lowest BCUT2D eigenvalue weighted by atomic mass is 9.94. The minimum atomic E-state index is -0.248. The van der Waals surface area contributed by atoms with Gasteiger partial charge in [0.25, 0.3) is 5.91 Å². The number of hydrogen-bond acceptors (Lipinski definition) is 2. The highest BCUT2D eigenvalue weighted by molar-refractivity contribution is 5.96. The van der Waals surface area contributed by atoms with Crippen LogP contribution in [0.15, 0.2) is 66.9 Å². The second-order valence-electron chi connectivity index (χ2n) is 10.8. The van der Waals surface area contributed by atoms with E-state index in [1.54, 1.807) is 17.0 Å². The lowest BCUT2D eigenvalue weighted by molar-refractivity contribution is -0.136. The van der Waals surface area contributed by atoms with Crippen LogP contribution in [-0.2, 0) is 24.3 Å². The average Bonchev–Trinajstić information content (AvgIpc) is 3.41. The Bertz CT molecular complexity index is 1210. The first-order chi connectivity index (χ1) is 18.9. The number of aryl methyl sites for hydroxylation is 1. The van der Waals surface area contributed by atoms with Crippen LogP contribution >= 0.6 is 0 Å². The van der Waals surface area contributed by atoms with E-state index in [9.17, 15) is 14.0 Å². The Kier molecular flexibility index (Phi) is 9.96. The van der Waals surface area contributed by atoms with Crippen LogP contribution in [0.3, 0.4) is 0 Å². The van der Waals surface area contributed by atoms with Gasteiger partial charge in [-0.25, -0.2) is 4.39 Å². The van der Waals surface area contributed by atoms with Crippen LogP contribution in [-0.4, -0.2) is 44.8 Å². The highest BCUT2D eigenvalue weighted by Crippen LogP contribution is 2.25. The molecule has 1 aliphatic rings. The molecular formula is C33H42FN3O2. The Morgan fingerprint density at radius 1 is 0.949 bits per heavy atom. The van der Waals surface area contributed by atoms with Crippen molar-refractivity contribution in [3.63, 3.8) is 0 Å². The summed E-state index contributed by atoms with van der Waals surface area (Å²) in [6.07, 6.45) is 9.10. The van der Waals surface area contributed by atoms with Gasteiger partial charge in [0.1, 0.15) is 12.4 Å². The summed E-state index contributed by atoms with van der Waals surface area (Å²) in [7, 11) is 0.